The number of carbonyl (C=O) groups is 1. The average molecular weight is 268 g/mol. The Morgan fingerprint density at radius 3 is 2.50 bits per heavy atom. The molecule has 0 bridgehead atoms. The van der Waals surface area contributed by atoms with Gasteiger partial charge in [0.25, 0.3) is 5.69 Å². The molecule has 9 heteroatoms. The number of hydrogen-bond acceptors (Lipinski definition) is 5. The van der Waals surface area contributed by atoms with Crippen LogP contribution >= 0.6 is 23.2 Å². The normalized spacial score (nSPS) is 9.62. The Labute approximate surface area is 98.2 Å². The highest BCUT2D eigenvalue weighted by Crippen LogP contribution is 2.35. The van der Waals surface area contributed by atoms with E-state index in [1.165, 1.54) is 0 Å². The van der Waals surface area contributed by atoms with Crippen LogP contribution in [-0.4, -0.2) is 16.2 Å². The molecule has 1 N–H and O–H groups in total. The topological polar surface area (TPSA) is 98.9 Å². The molecule has 16 heavy (non-hydrogen) atoms. The molecule has 0 aliphatic heterocycles. The average Bonchev–Trinajstić information content (AvgIpc) is 2.15. The lowest BCUT2D eigenvalue weighted by Crippen LogP contribution is -2.04. The van der Waals surface area contributed by atoms with Crippen molar-refractivity contribution in [1.82, 2.24) is 0 Å². The maximum atomic E-state index is 10.5. The second-order valence-electron chi connectivity index (χ2n) is 2.42. The van der Waals surface area contributed by atoms with E-state index in [-0.39, 0.29) is 15.8 Å². The highest BCUT2D eigenvalue weighted by molar-refractivity contribution is 6.36. The molecular formula is C7H3Cl2NO6. The van der Waals surface area contributed by atoms with Crippen molar-refractivity contribution in [3.05, 3.63) is 32.3 Å². The van der Waals surface area contributed by atoms with Gasteiger partial charge in [0, 0.05) is 0 Å². The monoisotopic (exact) mass is 267 g/mol. The molecule has 1 aromatic carbocycles. The Morgan fingerprint density at radius 1 is 1.38 bits per heavy atom. The fourth-order valence-electron chi connectivity index (χ4n) is 0.803. The van der Waals surface area contributed by atoms with Crippen molar-refractivity contribution in [1.29, 1.82) is 0 Å². The van der Waals surface area contributed by atoms with Crippen LogP contribution in [0.15, 0.2) is 12.1 Å². The molecule has 7 nitrogen and oxygen atoms in total. The molecule has 0 aliphatic carbocycles. The van der Waals surface area contributed by atoms with Gasteiger partial charge >= 0.3 is 6.16 Å². The van der Waals surface area contributed by atoms with E-state index in [2.05, 4.69) is 9.78 Å². The van der Waals surface area contributed by atoms with Crippen LogP contribution in [0.25, 0.3) is 0 Å². The van der Waals surface area contributed by atoms with E-state index in [0.29, 0.717) is 0 Å². The minimum atomic E-state index is -1.71. The zero-order valence-electron chi connectivity index (χ0n) is 7.35. The number of rotatable bonds is 3. The van der Waals surface area contributed by atoms with Gasteiger partial charge < -0.3 is 5.11 Å². The van der Waals surface area contributed by atoms with E-state index >= 15 is 0 Å². The van der Waals surface area contributed by atoms with Crippen molar-refractivity contribution in [2.45, 2.75) is 0 Å². The van der Waals surface area contributed by atoms with Gasteiger partial charge in [0.1, 0.15) is 5.02 Å². The van der Waals surface area contributed by atoms with E-state index in [4.69, 9.17) is 28.3 Å². The zero-order chi connectivity index (χ0) is 12.3. The predicted molar refractivity (Wildman–Crippen MR) is 52.9 cm³/mol. The first-order valence-corrected chi connectivity index (χ1v) is 4.38. The maximum Gasteiger partial charge on any atom is 0.547 e. The Morgan fingerprint density at radius 2 is 2.00 bits per heavy atom. The molecule has 0 atom stereocenters. The minimum Gasteiger partial charge on any atom is -0.447 e. The fraction of sp³-hybridized carbons (Fsp3) is 0. The van der Waals surface area contributed by atoms with Crippen LogP contribution in [0.5, 0.6) is 5.75 Å². The summed E-state index contributed by atoms with van der Waals surface area (Å²) in [5, 5.41) is 18.3. The van der Waals surface area contributed by atoms with Gasteiger partial charge in [-0.1, -0.05) is 23.2 Å². The number of benzene rings is 1. The Hall–Kier alpha value is -1.73. The quantitative estimate of drug-likeness (QED) is 0.514. The van der Waals surface area contributed by atoms with Crippen LogP contribution in [0.3, 0.4) is 0 Å². The van der Waals surface area contributed by atoms with Gasteiger partial charge in [-0.05, 0) is 6.07 Å². The van der Waals surface area contributed by atoms with E-state index in [9.17, 15) is 14.9 Å². The number of nitro benzene ring substituents is 1. The van der Waals surface area contributed by atoms with Crippen LogP contribution in [0.2, 0.25) is 10.0 Å². The summed E-state index contributed by atoms with van der Waals surface area (Å²) in [5.74, 6) is -0.319. The van der Waals surface area contributed by atoms with Crippen LogP contribution in [0.4, 0.5) is 10.5 Å². The minimum absolute atomic E-state index is 0.114. The highest BCUT2D eigenvalue weighted by atomic mass is 35.5. The van der Waals surface area contributed by atoms with Gasteiger partial charge in [-0.25, -0.2) is 9.68 Å². The van der Waals surface area contributed by atoms with E-state index in [0.717, 1.165) is 12.1 Å². The number of hydrogen-bond donors (Lipinski definition) is 1. The van der Waals surface area contributed by atoms with Crippen molar-refractivity contribution in [2.75, 3.05) is 0 Å². The number of nitro groups is 1. The van der Waals surface area contributed by atoms with E-state index in [1.807, 2.05) is 0 Å². The van der Waals surface area contributed by atoms with Gasteiger partial charge in [-0.2, -0.15) is 0 Å². The number of halogens is 2. The summed E-state index contributed by atoms with van der Waals surface area (Å²) in [6.07, 6.45) is -1.71. The molecule has 0 aromatic heterocycles. The van der Waals surface area contributed by atoms with Gasteiger partial charge in [0.15, 0.2) is 0 Å². The van der Waals surface area contributed by atoms with Crippen LogP contribution < -0.4 is 4.89 Å². The van der Waals surface area contributed by atoms with E-state index in [1.54, 1.807) is 0 Å². The molecule has 0 amide bonds. The van der Waals surface area contributed by atoms with Crippen molar-refractivity contribution in [2.24, 2.45) is 0 Å². The Bertz CT molecular complexity index is 449. The molecular weight excluding hydrogens is 265 g/mol. The van der Waals surface area contributed by atoms with E-state index < -0.39 is 16.8 Å². The number of nitrogens with zero attached hydrogens (tertiary/aromatic N) is 1. The molecule has 0 spiro atoms. The summed E-state index contributed by atoms with van der Waals surface area (Å²) in [7, 11) is 0. The van der Waals surface area contributed by atoms with Crippen LogP contribution in [0, 0.1) is 10.1 Å². The lowest BCUT2D eigenvalue weighted by atomic mass is 10.3. The lowest BCUT2D eigenvalue weighted by Gasteiger charge is -2.03. The molecule has 0 aliphatic rings. The zero-order valence-corrected chi connectivity index (χ0v) is 8.86. The molecule has 1 aromatic rings. The second-order valence-corrected chi connectivity index (χ2v) is 3.24. The van der Waals surface area contributed by atoms with Crippen molar-refractivity contribution >= 4 is 35.0 Å². The third-order valence-corrected chi connectivity index (χ3v) is 2.00. The summed E-state index contributed by atoms with van der Waals surface area (Å²) in [6.45, 7) is 0. The summed E-state index contributed by atoms with van der Waals surface area (Å²) >= 11 is 11.1. The first-order chi connectivity index (χ1) is 7.41. The molecule has 86 valence electrons. The van der Waals surface area contributed by atoms with Crippen molar-refractivity contribution < 1.29 is 24.6 Å². The van der Waals surface area contributed by atoms with Gasteiger partial charge in [-0.15, -0.1) is 0 Å². The highest BCUT2D eigenvalue weighted by Gasteiger charge is 2.18. The maximum absolute atomic E-state index is 10.5. The van der Waals surface area contributed by atoms with Crippen molar-refractivity contribution in [3.63, 3.8) is 0 Å². The fourth-order valence-corrected chi connectivity index (χ4v) is 1.29. The van der Waals surface area contributed by atoms with Crippen LogP contribution in [0.1, 0.15) is 0 Å². The largest absolute Gasteiger partial charge is 0.547 e. The third-order valence-electron chi connectivity index (χ3n) is 1.40. The van der Waals surface area contributed by atoms with Gasteiger partial charge in [0.2, 0.25) is 5.75 Å². The first kappa shape index (κ1) is 12.3. The standard InChI is InChI=1S/C7H3Cl2NO6/c8-3-1-4(9)6(15-16-7(11)12)2-5(3)10(13)14/h1-2H,(H,11,12). The Kier molecular flexibility index (Phi) is 3.75. The molecule has 0 fully saturated rings. The first-order valence-electron chi connectivity index (χ1n) is 3.62. The summed E-state index contributed by atoms with van der Waals surface area (Å²) in [6, 6.07) is 1.90. The summed E-state index contributed by atoms with van der Waals surface area (Å²) in [5.41, 5.74) is -0.477. The van der Waals surface area contributed by atoms with Crippen LogP contribution in [-0.2, 0) is 4.89 Å². The molecule has 0 saturated heterocycles. The predicted octanol–water partition coefficient (Wildman–Crippen LogP) is 2.89. The molecule has 0 heterocycles. The third kappa shape index (κ3) is 2.88. The Balaban J connectivity index is 3.05. The summed E-state index contributed by atoms with van der Waals surface area (Å²) in [4.78, 5) is 27.7. The second kappa shape index (κ2) is 4.86. The number of carboxylic acid groups (broad SMARTS) is 1. The smallest absolute Gasteiger partial charge is 0.447 e. The lowest BCUT2D eigenvalue weighted by molar-refractivity contribution is -0.384. The van der Waals surface area contributed by atoms with Gasteiger partial charge in [0.05, 0.1) is 16.0 Å². The molecule has 0 saturated carbocycles. The SMILES string of the molecule is O=C(O)OOc1cc([N+](=O)[O-])c(Cl)cc1Cl. The van der Waals surface area contributed by atoms with Gasteiger partial charge in [-0.3, -0.25) is 15.0 Å². The van der Waals surface area contributed by atoms with Crippen molar-refractivity contribution in [3.8, 4) is 5.75 Å². The molecule has 1 rings (SSSR count). The summed E-state index contributed by atoms with van der Waals surface area (Å²) < 4.78 is 0. The molecule has 0 radical (unpaired) electrons. The molecule has 0 unspecified atom stereocenters.